The lowest BCUT2D eigenvalue weighted by Crippen LogP contribution is -2.05. The van der Waals surface area contributed by atoms with Crippen LogP contribution in [0.4, 0.5) is 0 Å². The van der Waals surface area contributed by atoms with Crippen LogP contribution in [0, 0.1) is 11.3 Å². The number of benzene rings is 1. The molecule has 1 aromatic carbocycles. The number of allylic oxidation sites excluding steroid dienone is 3. The van der Waals surface area contributed by atoms with E-state index in [1.165, 1.54) is 23.4 Å². The van der Waals surface area contributed by atoms with Crippen molar-refractivity contribution in [3.63, 3.8) is 0 Å². The molecule has 1 aliphatic rings. The van der Waals surface area contributed by atoms with Crippen LogP contribution in [-0.4, -0.2) is 11.4 Å². The van der Waals surface area contributed by atoms with Gasteiger partial charge in [-0.05, 0) is 23.8 Å². The van der Waals surface area contributed by atoms with Crippen LogP contribution in [0.2, 0.25) is 0 Å². The summed E-state index contributed by atoms with van der Waals surface area (Å²) in [5, 5.41) is 18.8. The Morgan fingerprint density at radius 3 is 2.88 bits per heavy atom. The molecular formula is C14H13NOS. The Morgan fingerprint density at radius 2 is 2.18 bits per heavy atom. The SMILES string of the molecule is CS/C(=C\C#N)C1=C(O)CCc2ccccc21. The number of thioether (sulfide) groups is 1. The van der Waals surface area contributed by atoms with E-state index in [-0.39, 0.29) is 0 Å². The predicted molar refractivity (Wildman–Crippen MR) is 71.5 cm³/mol. The smallest absolute Gasteiger partial charge is 0.102 e. The molecule has 17 heavy (non-hydrogen) atoms. The highest BCUT2D eigenvalue weighted by atomic mass is 32.2. The number of nitriles is 1. The molecule has 0 atom stereocenters. The second-order valence-corrected chi connectivity index (χ2v) is 4.67. The van der Waals surface area contributed by atoms with Crippen molar-refractivity contribution in [3.8, 4) is 6.07 Å². The molecule has 0 heterocycles. The zero-order valence-electron chi connectivity index (χ0n) is 9.60. The fraction of sp³-hybridized carbons (Fsp3) is 0.214. The van der Waals surface area contributed by atoms with E-state index in [1.54, 1.807) is 0 Å². The summed E-state index contributed by atoms with van der Waals surface area (Å²) in [6.07, 6.45) is 4.92. The molecule has 1 aromatic rings. The Morgan fingerprint density at radius 1 is 1.41 bits per heavy atom. The summed E-state index contributed by atoms with van der Waals surface area (Å²) in [6, 6.07) is 10.1. The molecule has 0 amide bonds. The van der Waals surface area contributed by atoms with E-state index in [4.69, 9.17) is 5.26 Å². The number of nitrogens with zero attached hydrogens (tertiary/aromatic N) is 1. The first-order chi connectivity index (χ1) is 8.27. The molecule has 3 heteroatoms. The normalized spacial score (nSPS) is 15.4. The van der Waals surface area contributed by atoms with Gasteiger partial charge in [-0.2, -0.15) is 5.26 Å². The second kappa shape index (κ2) is 5.11. The standard InChI is InChI=1S/C14H13NOS/c1-17-13(8-9-15)14-11-5-3-2-4-10(11)6-7-12(14)16/h2-5,8,16H,6-7H2,1H3/b13-8-. The zero-order valence-corrected chi connectivity index (χ0v) is 10.4. The molecule has 1 aliphatic carbocycles. The summed E-state index contributed by atoms with van der Waals surface area (Å²) in [7, 11) is 0. The molecule has 2 rings (SSSR count). The van der Waals surface area contributed by atoms with Crippen LogP contribution in [-0.2, 0) is 6.42 Å². The number of fused-ring (bicyclic) bond motifs is 1. The molecule has 0 saturated heterocycles. The quantitative estimate of drug-likeness (QED) is 0.806. The molecule has 0 saturated carbocycles. The van der Waals surface area contributed by atoms with Crippen molar-refractivity contribution < 1.29 is 5.11 Å². The van der Waals surface area contributed by atoms with Crippen LogP contribution < -0.4 is 0 Å². The Labute approximate surface area is 105 Å². The summed E-state index contributed by atoms with van der Waals surface area (Å²) in [5.74, 6) is 0.388. The molecule has 0 bridgehead atoms. The maximum absolute atomic E-state index is 10.1. The zero-order chi connectivity index (χ0) is 12.3. The van der Waals surface area contributed by atoms with E-state index in [0.29, 0.717) is 12.2 Å². The fourth-order valence-electron chi connectivity index (χ4n) is 2.08. The molecule has 0 radical (unpaired) electrons. The minimum atomic E-state index is 0.388. The van der Waals surface area contributed by atoms with E-state index >= 15 is 0 Å². The number of aliphatic hydroxyl groups is 1. The van der Waals surface area contributed by atoms with Crippen molar-refractivity contribution in [1.82, 2.24) is 0 Å². The average Bonchev–Trinajstić information content (AvgIpc) is 2.37. The first-order valence-corrected chi connectivity index (χ1v) is 6.65. The third-order valence-electron chi connectivity index (χ3n) is 2.87. The van der Waals surface area contributed by atoms with Gasteiger partial charge in [0.15, 0.2) is 0 Å². The average molecular weight is 243 g/mol. The second-order valence-electron chi connectivity index (χ2n) is 3.82. The minimum absolute atomic E-state index is 0.388. The van der Waals surface area contributed by atoms with Crippen LogP contribution in [0.15, 0.2) is 41.0 Å². The van der Waals surface area contributed by atoms with Crippen molar-refractivity contribution in [1.29, 1.82) is 5.26 Å². The first-order valence-electron chi connectivity index (χ1n) is 5.42. The molecule has 86 valence electrons. The molecule has 0 spiro atoms. The Hall–Kier alpha value is -1.66. The van der Waals surface area contributed by atoms with Gasteiger partial charge in [-0.1, -0.05) is 24.3 Å². The summed E-state index contributed by atoms with van der Waals surface area (Å²) in [5.41, 5.74) is 3.10. The van der Waals surface area contributed by atoms with E-state index in [0.717, 1.165) is 22.5 Å². The Balaban J connectivity index is 2.59. The molecule has 0 aromatic heterocycles. The monoisotopic (exact) mass is 243 g/mol. The van der Waals surface area contributed by atoms with Crippen LogP contribution in [0.5, 0.6) is 0 Å². The van der Waals surface area contributed by atoms with Crippen molar-refractivity contribution in [2.24, 2.45) is 0 Å². The summed E-state index contributed by atoms with van der Waals surface area (Å²) in [6.45, 7) is 0. The van der Waals surface area contributed by atoms with Crippen molar-refractivity contribution >= 4 is 17.3 Å². The fourth-order valence-corrected chi connectivity index (χ4v) is 2.68. The minimum Gasteiger partial charge on any atom is -0.512 e. The third kappa shape index (κ3) is 2.22. The number of hydrogen-bond acceptors (Lipinski definition) is 3. The molecule has 0 aliphatic heterocycles. The van der Waals surface area contributed by atoms with Crippen molar-refractivity contribution in [3.05, 3.63) is 52.1 Å². The summed E-state index contributed by atoms with van der Waals surface area (Å²) in [4.78, 5) is 0.831. The largest absolute Gasteiger partial charge is 0.512 e. The van der Waals surface area contributed by atoms with Crippen molar-refractivity contribution in [2.75, 3.05) is 6.26 Å². The van der Waals surface area contributed by atoms with Crippen LogP contribution in [0.1, 0.15) is 17.5 Å². The van der Waals surface area contributed by atoms with Gasteiger partial charge in [0.05, 0.1) is 6.07 Å². The van der Waals surface area contributed by atoms with Gasteiger partial charge in [-0.25, -0.2) is 0 Å². The molecule has 0 fully saturated rings. The lowest BCUT2D eigenvalue weighted by atomic mass is 9.89. The lowest BCUT2D eigenvalue weighted by molar-refractivity contribution is 0.389. The predicted octanol–water partition coefficient (Wildman–Crippen LogP) is 3.67. The van der Waals surface area contributed by atoms with Crippen LogP contribution >= 0.6 is 11.8 Å². The van der Waals surface area contributed by atoms with Gasteiger partial charge in [0.1, 0.15) is 5.76 Å². The topological polar surface area (TPSA) is 44.0 Å². The number of aliphatic hydroxyl groups excluding tert-OH is 1. The molecular weight excluding hydrogens is 230 g/mol. The molecule has 0 unspecified atom stereocenters. The van der Waals surface area contributed by atoms with Crippen molar-refractivity contribution in [2.45, 2.75) is 12.8 Å². The van der Waals surface area contributed by atoms with Gasteiger partial charge >= 0.3 is 0 Å². The van der Waals surface area contributed by atoms with Gasteiger partial charge in [-0.15, -0.1) is 11.8 Å². The number of hydrogen-bond donors (Lipinski definition) is 1. The Bertz CT molecular complexity index is 537. The van der Waals surface area contributed by atoms with E-state index in [1.807, 2.05) is 30.5 Å². The summed E-state index contributed by atoms with van der Waals surface area (Å²) < 4.78 is 0. The lowest BCUT2D eigenvalue weighted by Gasteiger charge is -2.21. The Kier molecular flexibility index (Phi) is 3.55. The molecule has 1 N–H and O–H groups in total. The van der Waals surface area contributed by atoms with Gasteiger partial charge in [0.2, 0.25) is 0 Å². The van der Waals surface area contributed by atoms with Gasteiger partial charge in [0.25, 0.3) is 0 Å². The van der Waals surface area contributed by atoms with E-state index in [9.17, 15) is 5.11 Å². The van der Waals surface area contributed by atoms with Gasteiger partial charge in [0, 0.05) is 23.0 Å². The van der Waals surface area contributed by atoms with Crippen LogP contribution in [0.25, 0.3) is 5.57 Å². The number of aryl methyl sites for hydroxylation is 1. The number of rotatable bonds is 2. The highest BCUT2D eigenvalue weighted by Gasteiger charge is 2.20. The maximum Gasteiger partial charge on any atom is 0.102 e. The highest BCUT2D eigenvalue weighted by molar-refractivity contribution is 8.03. The van der Waals surface area contributed by atoms with E-state index in [2.05, 4.69) is 6.07 Å². The van der Waals surface area contributed by atoms with Gasteiger partial charge < -0.3 is 5.11 Å². The highest BCUT2D eigenvalue weighted by Crippen LogP contribution is 2.38. The third-order valence-corrected chi connectivity index (χ3v) is 3.63. The van der Waals surface area contributed by atoms with Gasteiger partial charge in [-0.3, -0.25) is 0 Å². The first kappa shape index (κ1) is 11.8. The summed E-state index contributed by atoms with van der Waals surface area (Å²) >= 11 is 1.49. The molecule has 2 nitrogen and oxygen atoms in total. The maximum atomic E-state index is 10.1. The van der Waals surface area contributed by atoms with E-state index < -0.39 is 0 Å². The van der Waals surface area contributed by atoms with Crippen LogP contribution in [0.3, 0.4) is 0 Å².